The molecule has 1 saturated heterocycles. The zero-order valence-corrected chi connectivity index (χ0v) is 12.6. The summed E-state index contributed by atoms with van der Waals surface area (Å²) in [5, 5.41) is 19.3. The first-order valence-corrected chi connectivity index (χ1v) is 7.23. The highest BCUT2D eigenvalue weighted by atomic mass is 19.2. The van der Waals surface area contributed by atoms with Crippen molar-refractivity contribution in [3.63, 3.8) is 0 Å². The molecule has 1 aromatic rings. The number of ether oxygens (including phenoxy) is 2. The second kappa shape index (κ2) is 4.69. The minimum atomic E-state index is -2.35. The second-order valence-electron chi connectivity index (χ2n) is 6.03. The van der Waals surface area contributed by atoms with Gasteiger partial charge < -0.3 is 15.2 Å². The van der Waals surface area contributed by atoms with Gasteiger partial charge in [0, 0.05) is 11.5 Å². The Morgan fingerprint density at radius 1 is 0.923 bits per heavy atom. The summed E-state index contributed by atoms with van der Waals surface area (Å²) in [7, 11) is 0. The molecule has 26 heavy (non-hydrogen) atoms. The molecule has 3 unspecified atom stereocenters. The Balaban J connectivity index is 2.04. The summed E-state index contributed by atoms with van der Waals surface area (Å²) >= 11 is 0. The van der Waals surface area contributed by atoms with Crippen LogP contribution in [0.25, 0.3) is 0 Å². The van der Waals surface area contributed by atoms with Crippen molar-refractivity contribution in [1.29, 1.82) is 10.5 Å². The van der Waals surface area contributed by atoms with E-state index in [2.05, 4.69) is 4.99 Å². The standard InChI is InChI=1S/C15H7F5N4O2/c16-6-5(7(17)9(19)10(20)8(6)18)11-13(3-21)12(23)24-15(14(11,13)4-22)25-1-2-26-15/h11H,1-2H2,(H2,23,24). The van der Waals surface area contributed by atoms with Gasteiger partial charge in [-0.1, -0.05) is 0 Å². The second-order valence-corrected chi connectivity index (χ2v) is 6.03. The Labute approximate surface area is 142 Å². The SMILES string of the molecule is N#CC12C(N)=NC3(OCCO3)C1(C#N)C2c1c(F)c(F)c(F)c(F)c1F. The predicted molar refractivity (Wildman–Crippen MR) is 71.3 cm³/mol. The minimum Gasteiger partial charge on any atom is -0.386 e. The molecule has 0 aromatic heterocycles. The van der Waals surface area contributed by atoms with Crippen LogP contribution in [0.1, 0.15) is 11.5 Å². The van der Waals surface area contributed by atoms with Gasteiger partial charge in [-0.2, -0.15) is 10.5 Å². The molecule has 134 valence electrons. The van der Waals surface area contributed by atoms with Crippen LogP contribution in [-0.2, 0) is 9.47 Å². The summed E-state index contributed by atoms with van der Waals surface area (Å²) in [5.74, 6) is -15.5. The van der Waals surface area contributed by atoms with Crippen molar-refractivity contribution >= 4 is 5.84 Å². The highest BCUT2D eigenvalue weighted by Crippen LogP contribution is 2.82. The third kappa shape index (κ3) is 1.39. The molecular weight excluding hydrogens is 363 g/mol. The van der Waals surface area contributed by atoms with Crippen LogP contribution in [0.15, 0.2) is 4.99 Å². The molecule has 0 bridgehead atoms. The van der Waals surface area contributed by atoms with Crippen LogP contribution in [0.3, 0.4) is 0 Å². The maximum atomic E-state index is 14.3. The van der Waals surface area contributed by atoms with E-state index in [1.165, 1.54) is 0 Å². The van der Waals surface area contributed by atoms with E-state index in [0.29, 0.717) is 0 Å². The van der Waals surface area contributed by atoms with Gasteiger partial charge in [0.25, 0.3) is 5.91 Å². The third-order valence-electron chi connectivity index (χ3n) is 5.14. The fourth-order valence-electron chi connectivity index (χ4n) is 4.03. The zero-order valence-electron chi connectivity index (χ0n) is 12.6. The first kappa shape index (κ1) is 16.7. The summed E-state index contributed by atoms with van der Waals surface area (Å²) in [6.07, 6.45) is 0. The molecule has 0 amide bonds. The molecule has 1 aromatic carbocycles. The molecule has 2 aliphatic heterocycles. The van der Waals surface area contributed by atoms with Crippen molar-refractivity contribution in [3.8, 4) is 12.1 Å². The molecule has 0 radical (unpaired) electrons. The fourth-order valence-corrected chi connectivity index (χ4v) is 4.03. The Morgan fingerprint density at radius 3 is 1.88 bits per heavy atom. The van der Waals surface area contributed by atoms with E-state index in [-0.39, 0.29) is 13.2 Å². The van der Waals surface area contributed by atoms with Crippen LogP contribution in [-0.4, -0.2) is 25.0 Å². The van der Waals surface area contributed by atoms with E-state index in [1.54, 1.807) is 12.1 Å². The van der Waals surface area contributed by atoms with Gasteiger partial charge in [-0.05, 0) is 0 Å². The normalized spacial score (nSPS) is 33.5. The van der Waals surface area contributed by atoms with Gasteiger partial charge >= 0.3 is 0 Å². The van der Waals surface area contributed by atoms with Crippen LogP contribution in [0.4, 0.5) is 22.0 Å². The molecular formula is C15H7F5N4O2. The number of nitrogens with two attached hydrogens (primary N) is 1. The van der Waals surface area contributed by atoms with E-state index in [9.17, 15) is 32.5 Å². The van der Waals surface area contributed by atoms with Crippen molar-refractivity contribution in [1.82, 2.24) is 0 Å². The lowest BCUT2D eigenvalue weighted by atomic mass is 9.93. The highest BCUT2D eigenvalue weighted by molar-refractivity contribution is 6.00. The van der Waals surface area contributed by atoms with E-state index in [0.717, 1.165) is 0 Å². The van der Waals surface area contributed by atoms with Gasteiger partial charge in [0.2, 0.25) is 5.82 Å². The summed E-state index contributed by atoms with van der Waals surface area (Å²) in [5.41, 5.74) is 0.0707. The van der Waals surface area contributed by atoms with E-state index in [4.69, 9.17) is 15.2 Å². The number of hydrogen-bond donors (Lipinski definition) is 1. The van der Waals surface area contributed by atoms with Crippen LogP contribution in [0.5, 0.6) is 0 Å². The number of fused-ring (bicyclic) bond motifs is 2. The molecule has 3 aliphatic rings. The number of rotatable bonds is 1. The molecule has 2 N–H and O–H groups in total. The minimum absolute atomic E-state index is 0.0639. The van der Waals surface area contributed by atoms with Crippen molar-refractivity contribution in [2.24, 2.45) is 21.6 Å². The Kier molecular flexibility index (Phi) is 3.01. The van der Waals surface area contributed by atoms with Crippen molar-refractivity contribution in [2.45, 2.75) is 11.8 Å². The molecule has 11 heteroatoms. The molecule has 6 nitrogen and oxygen atoms in total. The summed E-state index contributed by atoms with van der Waals surface area (Å²) in [4.78, 5) is 3.83. The van der Waals surface area contributed by atoms with Gasteiger partial charge in [0.1, 0.15) is 11.3 Å². The van der Waals surface area contributed by atoms with E-state index in [1.807, 2.05) is 0 Å². The largest absolute Gasteiger partial charge is 0.386 e. The quantitative estimate of drug-likeness (QED) is 0.459. The number of halogens is 5. The first-order valence-electron chi connectivity index (χ1n) is 7.23. The number of aliphatic imine (C=N–C) groups is 1. The Morgan fingerprint density at radius 2 is 1.42 bits per heavy atom. The molecule has 1 aliphatic carbocycles. The Bertz CT molecular complexity index is 949. The van der Waals surface area contributed by atoms with Gasteiger partial charge in [-0.3, -0.25) is 0 Å². The number of amidine groups is 1. The zero-order chi connectivity index (χ0) is 19.1. The number of nitriles is 2. The average Bonchev–Trinajstić information content (AvgIpc) is 2.86. The topological polar surface area (TPSA) is 104 Å². The molecule has 2 fully saturated rings. The smallest absolute Gasteiger partial charge is 0.293 e. The lowest BCUT2D eigenvalue weighted by molar-refractivity contribution is -0.184. The van der Waals surface area contributed by atoms with Crippen LogP contribution < -0.4 is 5.73 Å². The van der Waals surface area contributed by atoms with Crippen LogP contribution in [0, 0.1) is 62.6 Å². The van der Waals surface area contributed by atoms with E-state index >= 15 is 0 Å². The van der Waals surface area contributed by atoms with Crippen LogP contribution >= 0.6 is 0 Å². The predicted octanol–water partition coefficient (Wildman–Crippen LogP) is 1.57. The number of hydrogen-bond acceptors (Lipinski definition) is 6. The molecule has 1 saturated carbocycles. The summed E-state index contributed by atoms with van der Waals surface area (Å²) < 4.78 is 79.8. The third-order valence-corrected chi connectivity index (χ3v) is 5.14. The summed E-state index contributed by atoms with van der Waals surface area (Å²) in [6.45, 7) is -0.128. The lowest BCUT2D eigenvalue weighted by Crippen LogP contribution is -2.39. The first-order chi connectivity index (χ1) is 12.3. The van der Waals surface area contributed by atoms with Crippen molar-refractivity contribution < 1.29 is 31.4 Å². The fraction of sp³-hybridized carbons (Fsp3) is 0.400. The van der Waals surface area contributed by atoms with Crippen LogP contribution in [0.2, 0.25) is 0 Å². The summed E-state index contributed by atoms with van der Waals surface area (Å²) in [6, 6.07) is 3.34. The monoisotopic (exact) mass is 370 g/mol. The number of nitrogens with zero attached hydrogens (tertiary/aromatic N) is 3. The van der Waals surface area contributed by atoms with Gasteiger partial charge in [-0.25, -0.2) is 26.9 Å². The number of benzene rings is 1. The van der Waals surface area contributed by atoms with E-state index < -0.39 is 63.1 Å². The van der Waals surface area contributed by atoms with Crippen molar-refractivity contribution in [2.75, 3.05) is 13.2 Å². The Hall–Kier alpha value is -2.76. The maximum Gasteiger partial charge on any atom is 0.293 e. The van der Waals surface area contributed by atoms with Gasteiger partial charge in [0.05, 0.1) is 25.4 Å². The highest BCUT2D eigenvalue weighted by Gasteiger charge is 2.95. The molecule has 2 heterocycles. The molecule has 4 rings (SSSR count). The maximum absolute atomic E-state index is 14.3. The molecule has 1 spiro atoms. The molecule has 3 atom stereocenters. The van der Waals surface area contributed by atoms with Crippen molar-refractivity contribution in [3.05, 3.63) is 34.6 Å². The van der Waals surface area contributed by atoms with Gasteiger partial charge in [0.15, 0.2) is 28.7 Å². The lowest BCUT2D eigenvalue weighted by Gasteiger charge is -2.26. The average molecular weight is 370 g/mol. The van der Waals surface area contributed by atoms with Gasteiger partial charge in [-0.15, -0.1) is 0 Å².